The highest BCUT2D eigenvalue weighted by Crippen LogP contribution is 2.16. The first-order valence-corrected chi connectivity index (χ1v) is 10.3. The highest BCUT2D eigenvalue weighted by Gasteiger charge is 2.23. The topological polar surface area (TPSA) is 75.2 Å². The Hall–Kier alpha value is -2.44. The van der Waals surface area contributed by atoms with Gasteiger partial charge in [0.15, 0.2) is 5.96 Å². The lowest BCUT2D eigenvalue weighted by molar-refractivity contribution is 0.0963. The highest BCUT2D eigenvalue weighted by atomic mass is 16.6. The molecule has 0 saturated carbocycles. The molecule has 0 aromatic heterocycles. The second-order valence-electron chi connectivity index (χ2n) is 6.83. The number of aliphatic imine (C=N–C) groups is 1. The summed E-state index contributed by atoms with van der Waals surface area (Å²) < 4.78 is 10.9. The van der Waals surface area contributed by atoms with Crippen molar-refractivity contribution in [2.45, 2.75) is 46.1 Å². The van der Waals surface area contributed by atoms with Crippen LogP contribution in [-0.2, 0) is 4.74 Å². The molecule has 1 amide bonds. The van der Waals surface area contributed by atoms with Gasteiger partial charge in [0.2, 0.25) is 0 Å². The number of rotatable bonds is 8. The SMILES string of the molecule is CCNC(=NCCCOc1ccccc1C)NC1CCN(C(=O)OCC)CC1. The van der Waals surface area contributed by atoms with Crippen LogP contribution < -0.4 is 15.4 Å². The van der Waals surface area contributed by atoms with Crippen LogP contribution in [0.15, 0.2) is 29.3 Å². The molecule has 1 aliphatic rings. The predicted octanol–water partition coefficient (Wildman–Crippen LogP) is 2.94. The lowest BCUT2D eigenvalue weighted by atomic mass is 10.1. The largest absolute Gasteiger partial charge is 0.493 e. The van der Waals surface area contributed by atoms with E-state index in [0.717, 1.165) is 43.1 Å². The van der Waals surface area contributed by atoms with Gasteiger partial charge in [-0.25, -0.2) is 4.79 Å². The number of amides is 1. The number of benzene rings is 1. The van der Waals surface area contributed by atoms with Gasteiger partial charge in [-0.15, -0.1) is 0 Å². The third-order valence-electron chi connectivity index (χ3n) is 4.63. The summed E-state index contributed by atoms with van der Waals surface area (Å²) >= 11 is 0. The second-order valence-corrected chi connectivity index (χ2v) is 6.83. The Balaban J connectivity index is 1.72. The van der Waals surface area contributed by atoms with Crippen molar-refractivity contribution in [1.82, 2.24) is 15.5 Å². The van der Waals surface area contributed by atoms with Crippen molar-refractivity contribution in [1.29, 1.82) is 0 Å². The Morgan fingerprint density at radius 3 is 2.68 bits per heavy atom. The van der Waals surface area contributed by atoms with Crippen molar-refractivity contribution in [3.63, 3.8) is 0 Å². The zero-order valence-electron chi connectivity index (χ0n) is 17.4. The van der Waals surface area contributed by atoms with Crippen LogP contribution in [0.5, 0.6) is 5.75 Å². The Kier molecular flexibility index (Phi) is 9.45. The van der Waals surface area contributed by atoms with Gasteiger partial charge in [0.1, 0.15) is 5.75 Å². The number of carbonyl (C=O) groups is 1. The fourth-order valence-electron chi connectivity index (χ4n) is 3.09. The first kappa shape index (κ1) is 21.9. The van der Waals surface area contributed by atoms with Crippen molar-refractivity contribution in [3.05, 3.63) is 29.8 Å². The zero-order chi connectivity index (χ0) is 20.2. The quantitative estimate of drug-likeness (QED) is 0.406. The molecule has 1 fully saturated rings. The van der Waals surface area contributed by atoms with E-state index in [2.05, 4.69) is 22.5 Å². The van der Waals surface area contributed by atoms with Crippen molar-refractivity contribution in [3.8, 4) is 5.75 Å². The number of hydrogen-bond acceptors (Lipinski definition) is 4. The van der Waals surface area contributed by atoms with Crippen LogP contribution in [0.2, 0.25) is 0 Å². The van der Waals surface area contributed by atoms with Gasteiger partial charge in [-0.2, -0.15) is 0 Å². The van der Waals surface area contributed by atoms with Gasteiger partial charge in [0.25, 0.3) is 0 Å². The van der Waals surface area contributed by atoms with E-state index >= 15 is 0 Å². The normalized spacial score (nSPS) is 15.2. The van der Waals surface area contributed by atoms with E-state index in [1.807, 2.05) is 38.1 Å². The molecule has 0 unspecified atom stereocenters. The minimum absolute atomic E-state index is 0.213. The minimum Gasteiger partial charge on any atom is -0.493 e. The molecule has 1 heterocycles. The van der Waals surface area contributed by atoms with Gasteiger partial charge >= 0.3 is 6.09 Å². The molecule has 1 aromatic carbocycles. The van der Waals surface area contributed by atoms with Gasteiger partial charge in [0.05, 0.1) is 13.2 Å². The van der Waals surface area contributed by atoms with Crippen LogP contribution in [0.3, 0.4) is 0 Å². The van der Waals surface area contributed by atoms with E-state index in [1.165, 1.54) is 0 Å². The van der Waals surface area contributed by atoms with Gasteiger partial charge < -0.3 is 25.0 Å². The summed E-state index contributed by atoms with van der Waals surface area (Å²) in [6.07, 6.45) is 2.42. The second kappa shape index (κ2) is 12.1. The molecule has 7 nitrogen and oxygen atoms in total. The Morgan fingerprint density at radius 1 is 1.25 bits per heavy atom. The third-order valence-corrected chi connectivity index (χ3v) is 4.63. The number of hydrogen-bond donors (Lipinski definition) is 2. The standard InChI is InChI=1S/C21H34N4O3/c1-4-22-20(23-13-8-16-28-19-10-7-6-9-17(19)3)24-18-11-14-25(15-12-18)21(26)27-5-2/h6-7,9-10,18H,4-5,8,11-16H2,1-3H3,(H2,22,23,24). The fraction of sp³-hybridized carbons (Fsp3) is 0.619. The molecule has 0 bridgehead atoms. The molecule has 0 atom stereocenters. The van der Waals surface area contributed by atoms with Crippen LogP contribution >= 0.6 is 0 Å². The van der Waals surface area contributed by atoms with E-state index in [-0.39, 0.29) is 6.09 Å². The molecular formula is C21H34N4O3. The average molecular weight is 391 g/mol. The predicted molar refractivity (Wildman–Crippen MR) is 112 cm³/mol. The average Bonchev–Trinajstić information content (AvgIpc) is 2.70. The summed E-state index contributed by atoms with van der Waals surface area (Å²) in [4.78, 5) is 18.2. The summed E-state index contributed by atoms with van der Waals surface area (Å²) in [7, 11) is 0. The molecule has 0 aliphatic carbocycles. The van der Waals surface area contributed by atoms with Crippen LogP contribution in [0, 0.1) is 6.92 Å². The Morgan fingerprint density at radius 2 is 2.00 bits per heavy atom. The van der Waals surface area contributed by atoms with E-state index in [1.54, 1.807) is 4.90 Å². The molecule has 1 aromatic rings. The van der Waals surface area contributed by atoms with E-state index in [9.17, 15) is 4.79 Å². The molecule has 0 spiro atoms. The monoisotopic (exact) mass is 390 g/mol. The van der Waals surface area contributed by atoms with Crippen molar-refractivity contribution >= 4 is 12.1 Å². The molecule has 7 heteroatoms. The maximum atomic E-state index is 11.8. The minimum atomic E-state index is -0.213. The smallest absolute Gasteiger partial charge is 0.409 e. The number of nitrogens with zero attached hydrogens (tertiary/aromatic N) is 2. The highest BCUT2D eigenvalue weighted by molar-refractivity contribution is 5.80. The number of ether oxygens (including phenoxy) is 2. The van der Waals surface area contributed by atoms with Crippen LogP contribution in [0.25, 0.3) is 0 Å². The van der Waals surface area contributed by atoms with Gasteiger partial charge in [-0.1, -0.05) is 18.2 Å². The van der Waals surface area contributed by atoms with Crippen LogP contribution in [-0.4, -0.2) is 62.4 Å². The van der Waals surface area contributed by atoms with Crippen molar-refractivity contribution in [2.75, 3.05) is 39.4 Å². The fourth-order valence-corrected chi connectivity index (χ4v) is 3.09. The molecular weight excluding hydrogens is 356 g/mol. The number of nitrogens with one attached hydrogen (secondary N) is 2. The summed E-state index contributed by atoms with van der Waals surface area (Å²) in [5, 5.41) is 6.78. The molecule has 1 saturated heterocycles. The number of piperidine rings is 1. The Bertz CT molecular complexity index is 628. The first-order chi connectivity index (χ1) is 13.6. The lowest BCUT2D eigenvalue weighted by Crippen LogP contribution is -2.49. The maximum absolute atomic E-state index is 11.8. The molecule has 156 valence electrons. The third kappa shape index (κ3) is 7.29. The van der Waals surface area contributed by atoms with Gasteiger partial charge in [0, 0.05) is 38.6 Å². The summed E-state index contributed by atoms with van der Waals surface area (Å²) in [6, 6.07) is 8.35. The van der Waals surface area contributed by atoms with Crippen LogP contribution in [0.4, 0.5) is 4.79 Å². The molecule has 28 heavy (non-hydrogen) atoms. The van der Waals surface area contributed by atoms with Crippen LogP contribution in [0.1, 0.15) is 38.7 Å². The number of carbonyl (C=O) groups excluding carboxylic acids is 1. The van der Waals surface area contributed by atoms with E-state index < -0.39 is 0 Å². The molecule has 2 N–H and O–H groups in total. The van der Waals surface area contributed by atoms with E-state index in [4.69, 9.17) is 9.47 Å². The maximum Gasteiger partial charge on any atom is 0.409 e. The van der Waals surface area contributed by atoms with Gasteiger partial charge in [-0.05, 0) is 45.2 Å². The summed E-state index contributed by atoms with van der Waals surface area (Å²) in [6.45, 7) is 9.93. The number of guanidine groups is 1. The first-order valence-electron chi connectivity index (χ1n) is 10.3. The zero-order valence-corrected chi connectivity index (χ0v) is 17.4. The van der Waals surface area contributed by atoms with Gasteiger partial charge in [-0.3, -0.25) is 4.99 Å². The molecule has 0 radical (unpaired) electrons. The van der Waals surface area contributed by atoms with Crippen molar-refractivity contribution in [2.24, 2.45) is 4.99 Å². The Labute approximate surface area is 168 Å². The molecule has 2 rings (SSSR count). The lowest BCUT2D eigenvalue weighted by Gasteiger charge is -2.32. The van der Waals surface area contributed by atoms with Crippen molar-refractivity contribution < 1.29 is 14.3 Å². The number of likely N-dealkylation sites (tertiary alicyclic amines) is 1. The number of aryl methyl sites for hydroxylation is 1. The molecule has 1 aliphatic heterocycles. The van der Waals surface area contributed by atoms with E-state index in [0.29, 0.717) is 38.9 Å². The summed E-state index contributed by atoms with van der Waals surface area (Å²) in [5.41, 5.74) is 1.15. The summed E-state index contributed by atoms with van der Waals surface area (Å²) in [5.74, 6) is 1.76. The number of para-hydroxylation sites is 1.